The SMILES string of the molecule is NC/C=C/c1cccc(NS(=O)(=O)C2CCCCC2)c1. The van der Waals surface area contributed by atoms with Gasteiger partial charge in [-0.05, 0) is 30.5 Å². The molecule has 1 fully saturated rings. The minimum atomic E-state index is -3.27. The first-order chi connectivity index (χ1) is 9.62. The molecule has 0 heterocycles. The molecule has 0 saturated heterocycles. The van der Waals surface area contributed by atoms with E-state index in [0.29, 0.717) is 12.2 Å². The summed E-state index contributed by atoms with van der Waals surface area (Å²) in [4.78, 5) is 0. The van der Waals surface area contributed by atoms with Crippen LogP contribution in [-0.4, -0.2) is 20.2 Å². The molecule has 0 aliphatic heterocycles. The lowest BCUT2D eigenvalue weighted by atomic mass is 10.0. The van der Waals surface area contributed by atoms with Crippen molar-refractivity contribution >= 4 is 21.8 Å². The zero-order chi connectivity index (χ0) is 14.4. The van der Waals surface area contributed by atoms with Crippen molar-refractivity contribution in [2.45, 2.75) is 37.4 Å². The monoisotopic (exact) mass is 294 g/mol. The van der Waals surface area contributed by atoms with Crippen molar-refractivity contribution in [3.63, 3.8) is 0 Å². The molecule has 1 aliphatic carbocycles. The Morgan fingerprint density at radius 2 is 2.00 bits per heavy atom. The lowest BCUT2D eigenvalue weighted by Gasteiger charge is -2.22. The van der Waals surface area contributed by atoms with E-state index in [4.69, 9.17) is 5.73 Å². The number of benzene rings is 1. The highest BCUT2D eigenvalue weighted by molar-refractivity contribution is 7.93. The van der Waals surface area contributed by atoms with Crippen molar-refractivity contribution in [1.29, 1.82) is 0 Å². The summed E-state index contributed by atoms with van der Waals surface area (Å²) in [5.74, 6) is 0. The van der Waals surface area contributed by atoms with Crippen molar-refractivity contribution in [1.82, 2.24) is 0 Å². The molecule has 3 N–H and O–H groups in total. The third kappa shape index (κ3) is 4.08. The molecule has 0 atom stereocenters. The second-order valence-corrected chi connectivity index (χ2v) is 7.13. The van der Waals surface area contributed by atoms with Gasteiger partial charge in [0.25, 0.3) is 0 Å². The minimum absolute atomic E-state index is 0.250. The van der Waals surface area contributed by atoms with Crippen molar-refractivity contribution in [2.24, 2.45) is 5.73 Å². The van der Waals surface area contributed by atoms with Gasteiger partial charge >= 0.3 is 0 Å². The number of rotatable bonds is 5. The second kappa shape index (κ2) is 6.90. The summed E-state index contributed by atoms with van der Waals surface area (Å²) in [6.07, 6.45) is 8.42. The number of hydrogen-bond donors (Lipinski definition) is 2. The molecule has 0 aromatic heterocycles. The number of hydrogen-bond acceptors (Lipinski definition) is 3. The molecule has 0 spiro atoms. The number of nitrogens with two attached hydrogens (primary N) is 1. The van der Waals surface area contributed by atoms with Crippen molar-refractivity contribution < 1.29 is 8.42 Å². The van der Waals surface area contributed by atoms with Gasteiger partial charge in [-0.1, -0.05) is 43.5 Å². The van der Waals surface area contributed by atoms with Crippen LogP contribution in [0.4, 0.5) is 5.69 Å². The molecule has 0 unspecified atom stereocenters. The first-order valence-corrected chi connectivity index (χ1v) is 8.65. The second-order valence-electron chi connectivity index (χ2n) is 5.17. The molecule has 0 bridgehead atoms. The highest BCUT2D eigenvalue weighted by Gasteiger charge is 2.27. The Balaban J connectivity index is 2.10. The average molecular weight is 294 g/mol. The Kier molecular flexibility index (Phi) is 5.20. The van der Waals surface area contributed by atoms with Gasteiger partial charge < -0.3 is 5.73 Å². The van der Waals surface area contributed by atoms with E-state index in [9.17, 15) is 8.42 Å². The molecule has 1 aromatic carbocycles. The van der Waals surface area contributed by atoms with Gasteiger partial charge in [-0.2, -0.15) is 0 Å². The predicted octanol–water partition coefficient (Wildman–Crippen LogP) is 2.73. The fraction of sp³-hybridized carbons (Fsp3) is 0.467. The van der Waals surface area contributed by atoms with E-state index >= 15 is 0 Å². The Hall–Kier alpha value is -1.33. The van der Waals surface area contributed by atoms with Crippen molar-refractivity contribution in [3.8, 4) is 0 Å². The Bertz CT molecular complexity index is 561. The van der Waals surface area contributed by atoms with Gasteiger partial charge in [0, 0.05) is 12.2 Å². The molecule has 4 nitrogen and oxygen atoms in total. The molecule has 1 aliphatic rings. The quantitative estimate of drug-likeness (QED) is 0.877. The van der Waals surface area contributed by atoms with Crippen LogP contribution in [0.3, 0.4) is 0 Å². The van der Waals surface area contributed by atoms with Crippen LogP contribution in [0, 0.1) is 0 Å². The van der Waals surface area contributed by atoms with Crippen LogP contribution in [0.1, 0.15) is 37.7 Å². The largest absolute Gasteiger partial charge is 0.327 e. The maximum Gasteiger partial charge on any atom is 0.235 e. The zero-order valence-electron chi connectivity index (χ0n) is 11.6. The number of nitrogens with one attached hydrogen (secondary N) is 1. The van der Waals surface area contributed by atoms with Crippen LogP contribution >= 0.6 is 0 Å². The normalized spacial score (nSPS) is 17.4. The molecule has 2 rings (SSSR count). The maximum atomic E-state index is 12.3. The van der Waals surface area contributed by atoms with Gasteiger partial charge in [0.1, 0.15) is 0 Å². The van der Waals surface area contributed by atoms with E-state index in [1.54, 1.807) is 6.07 Å². The molecular formula is C15H22N2O2S. The Morgan fingerprint density at radius 1 is 1.25 bits per heavy atom. The minimum Gasteiger partial charge on any atom is -0.327 e. The summed E-state index contributed by atoms with van der Waals surface area (Å²) in [6, 6.07) is 7.37. The lowest BCUT2D eigenvalue weighted by Crippen LogP contribution is -2.29. The van der Waals surface area contributed by atoms with E-state index in [0.717, 1.165) is 37.7 Å². The summed E-state index contributed by atoms with van der Waals surface area (Å²) in [5, 5.41) is -0.250. The number of sulfonamides is 1. The van der Waals surface area contributed by atoms with Gasteiger partial charge in [0.15, 0.2) is 0 Å². The third-order valence-corrected chi connectivity index (χ3v) is 5.45. The third-order valence-electron chi connectivity index (χ3n) is 3.58. The van der Waals surface area contributed by atoms with Crippen LogP contribution in [-0.2, 0) is 10.0 Å². The average Bonchev–Trinajstić information content (AvgIpc) is 2.46. The van der Waals surface area contributed by atoms with Crippen LogP contribution < -0.4 is 10.5 Å². The van der Waals surface area contributed by atoms with Gasteiger partial charge in [0.05, 0.1) is 5.25 Å². The summed E-state index contributed by atoms with van der Waals surface area (Å²) < 4.78 is 27.4. The van der Waals surface area contributed by atoms with Gasteiger partial charge in [-0.15, -0.1) is 0 Å². The molecule has 5 heteroatoms. The van der Waals surface area contributed by atoms with Crippen LogP contribution in [0.25, 0.3) is 6.08 Å². The Morgan fingerprint density at radius 3 is 2.70 bits per heavy atom. The molecule has 0 radical (unpaired) electrons. The number of anilines is 1. The van der Waals surface area contributed by atoms with Gasteiger partial charge in [0.2, 0.25) is 10.0 Å². The first kappa shape index (κ1) is 15.1. The summed E-state index contributed by atoms with van der Waals surface area (Å²) in [5.41, 5.74) is 6.98. The molecular weight excluding hydrogens is 272 g/mol. The van der Waals surface area contributed by atoms with Crippen LogP contribution in [0.5, 0.6) is 0 Å². The van der Waals surface area contributed by atoms with Crippen LogP contribution in [0.15, 0.2) is 30.3 Å². The standard InChI is InChI=1S/C15H22N2O2S/c16-11-5-7-13-6-4-8-14(12-13)17-20(18,19)15-9-2-1-3-10-15/h4-8,12,15,17H,1-3,9-11,16H2/b7-5+. The molecule has 1 saturated carbocycles. The predicted molar refractivity (Wildman–Crippen MR) is 83.9 cm³/mol. The van der Waals surface area contributed by atoms with E-state index < -0.39 is 10.0 Å². The Labute approximate surface area is 121 Å². The molecule has 0 amide bonds. The van der Waals surface area contributed by atoms with Gasteiger partial charge in [-0.25, -0.2) is 8.42 Å². The molecule has 20 heavy (non-hydrogen) atoms. The molecule has 1 aromatic rings. The lowest BCUT2D eigenvalue weighted by molar-refractivity contribution is 0.486. The van der Waals surface area contributed by atoms with Crippen LogP contribution in [0.2, 0.25) is 0 Å². The van der Waals surface area contributed by atoms with E-state index in [1.165, 1.54) is 0 Å². The zero-order valence-corrected chi connectivity index (χ0v) is 12.4. The van der Waals surface area contributed by atoms with Gasteiger partial charge in [-0.3, -0.25) is 4.72 Å². The fourth-order valence-corrected chi connectivity index (χ4v) is 4.11. The summed E-state index contributed by atoms with van der Waals surface area (Å²) >= 11 is 0. The van der Waals surface area contributed by atoms with E-state index in [-0.39, 0.29) is 5.25 Å². The fourth-order valence-electron chi connectivity index (χ4n) is 2.53. The smallest absolute Gasteiger partial charge is 0.235 e. The summed E-state index contributed by atoms with van der Waals surface area (Å²) in [7, 11) is -3.27. The van der Waals surface area contributed by atoms with E-state index in [1.807, 2.05) is 30.4 Å². The van der Waals surface area contributed by atoms with E-state index in [2.05, 4.69) is 4.72 Å². The summed E-state index contributed by atoms with van der Waals surface area (Å²) in [6.45, 7) is 0.470. The maximum absolute atomic E-state index is 12.3. The first-order valence-electron chi connectivity index (χ1n) is 7.10. The van der Waals surface area contributed by atoms with Crippen molar-refractivity contribution in [2.75, 3.05) is 11.3 Å². The van der Waals surface area contributed by atoms with Crippen molar-refractivity contribution in [3.05, 3.63) is 35.9 Å². The highest BCUT2D eigenvalue weighted by atomic mass is 32.2. The molecule has 110 valence electrons. The topological polar surface area (TPSA) is 72.2 Å². The highest BCUT2D eigenvalue weighted by Crippen LogP contribution is 2.25.